The smallest absolute Gasteiger partial charge is 0.191 e. The second-order valence-corrected chi connectivity index (χ2v) is 7.16. The van der Waals surface area contributed by atoms with E-state index in [1.807, 2.05) is 36.1 Å². The Balaban J connectivity index is 1.50. The topological polar surface area (TPSA) is 59.2 Å². The number of aromatic nitrogens is 3. The van der Waals surface area contributed by atoms with Crippen molar-refractivity contribution in [1.82, 2.24) is 24.8 Å². The van der Waals surface area contributed by atoms with Gasteiger partial charge in [-0.25, -0.2) is 4.98 Å². The third-order valence-electron chi connectivity index (χ3n) is 4.51. The van der Waals surface area contributed by atoms with Gasteiger partial charge in [-0.3, -0.25) is 4.99 Å². The van der Waals surface area contributed by atoms with E-state index in [4.69, 9.17) is 23.2 Å². The Kier molecular flexibility index (Phi) is 7.01. The fraction of sp³-hybridized carbons (Fsp3) is 0.300. The largest absolute Gasteiger partial charge is 0.356 e. The highest BCUT2D eigenvalue weighted by Crippen LogP contribution is 2.24. The van der Waals surface area contributed by atoms with E-state index in [0.717, 1.165) is 37.0 Å². The predicted octanol–water partition coefficient (Wildman–Crippen LogP) is 3.48. The molecule has 2 N–H and O–H groups in total. The number of nitrogens with zero attached hydrogens (tertiary/aromatic N) is 4. The van der Waals surface area contributed by atoms with Gasteiger partial charge >= 0.3 is 0 Å². The maximum atomic E-state index is 6.11. The van der Waals surface area contributed by atoms with Gasteiger partial charge in [0.1, 0.15) is 11.0 Å². The average Bonchev–Trinajstić information content (AvgIpc) is 3.24. The summed E-state index contributed by atoms with van der Waals surface area (Å²) in [5, 5.41) is 7.68. The number of hydrogen-bond acceptors (Lipinski definition) is 2. The first-order valence-corrected chi connectivity index (χ1v) is 9.82. The molecule has 28 heavy (non-hydrogen) atoms. The molecule has 1 aromatic carbocycles. The van der Waals surface area contributed by atoms with Gasteiger partial charge in [-0.2, -0.15) is 0 Å². The molecule has 0 aliphatic rings. The Labute approximate surface area is 175 Å². The monoisotopic (exact) mass is 418 g/mol. The lowest BCUT2D eigenvalue weighted by Crippen LogP contribution is -2.38. The molecule has 6 nitrogen and oxygen atoms in total. The van der Waals surface area contributed by atoms with Crippen molar-refractivity contribution in [2.24, 2.45) is 12.0 Å². The summed E-state index contributed by atoms with van der Waals surface area (Å²) in [5.41, 5.74) is 2.24. The van der Waals surface area contributed by atoms with Crippen molar-refractivity contribution in [2.45, 2.75) is 19.5 Å². The lowest BCUT2D eigenvalue weighted by atomic mass is 10.2. The maximum absolute atomic E-state index is 6.11. The average molecular weight is 419 g/mol. The molecule has 0 radical (unpaired) electrons. The molecule has 0 unspecified atom stereocenters. The second kappa shape index (κ2) is 9.66. The number of halogens is 2. The normalized spacial score (nSPS) is 11.6. The SMILES string of the molecule is CN=C(NCCc1nccn1Cc1ccccc1)NCc1cc(Cl)c(Cl)n1C. The van der Waals surface area contributed by atoms with Crippen molar-refractivity contribution >= 4 is 29.2 Å². The molecule has 2 aromatic heterocycles. The first kappa shape index (κ1) is 20.3. The highest BCUT2D eigenvalue weighted by Gasteiger charge is 2.09. The van der Waals surface area contributed by atoms with Gasteiger partial charge in [-0.1, -0.05) is 53.5 Å². The molecule has 0 aliphatic heterocycles. The van der Waals surface area contributed by atoms with Crippen LogP contribution in [-0.4, -0.2) is 33.7 Å². The van der Waals surface area contributed by atoms with Gasteiger partial charge in [0.25, 0.3) is 0 Å². The summed E-state index contributed by atoms with van der Waals surface area (Å²) in [7, 11) is 3.63. The van der Waals surface area contributed by atoms with Crippen LogP contribution in [0.5, 0.6) is 0 Å². The molecule has 0 aliphatic carbocycles. The molecule has 0 saturated heterocycles. The summed E-state index contributed by atoms with van der Waals surface area (Å²) in [6.07, 6.45) is 4.65. The first-order valence-electron chi connectivity index (χ1n) is 9.06. The van der Waals surface area contributed by atoms with Crippen LogP contribution >= 0.6 is 23.2 Å². The van der Waals surface area contributed by atoms with Crippen LogP contribution < -0.4 is 10.6 Å². The quantitative estimate of drug-likeness (QED) is 0.456. The second-order valence-electron chi connectivity index (χ2n) is 6.39. The molecule has 0 spiro atoms. The number of benzene rings is 1. The van der Waals surface area contributed by atoms with Gasteiger partial charge in [0, 0.05) is 51.7 Å². The van der Waals surface area contributed by atoms with Gasteiger partial charge < -0.3 is 19.8 Å². The lowest BCUT2D eigenvalue weighted by molar-refractivity contribution is 0.690. The third-order valence-corrected chi connectivity index (χ3v) is 5.36. The molecular weight excluding hydrogens is 395 g/mol. The minimum Gasteiger partial charge on any atom is -0.356 e. The van der Waals surface area contributed by atoms with E-state index in [1.165, 1.54) is 5.56 Å². The zero-order valence-electron chi connectivity index (χ0n) is 16.0. The number of rotatable bonds is 7. The molecule has 0 atom stereocenters. The Morgan fingerprint density at radius 1 is 1.18 bits per heavy atom. The van der Waals surface area contributed by atoms with Gasteiger partial charge in [-0.05, 0) is 11.6 Å². The van der Waals surface area contributed by atoms with E-state index in [-0.39, 0.29) is 0 Å². The van der Waals surface area contributed by atoms with Crippen molar-refractivity contribution in [2.75, 3.05) is 13.6 Å². The zero-order valence-corrected chi connectivity index (χ0v) is 17.5. The number of hydrogen-bond donors (Lipinski definition) is 2. The first-order chi connectivity index (χ1) is 13.6. The summed E-state index contributed by atoms with van der Waals surface area (Å²) in [5.74, 6) is 1.75. The van der Waals surface area contributed by atoms with Crippen molar-refractivity contribution in [3.05, 3.63) is 76.0 Å². The van der Waals surface area contributed by atoms with Crippen LogP contribution in [-0.2, 0) is 26.6 Å². The molecule has 2 heterocycles. The predicted molar refractivity (Wildman–Crippen MR) is 115 cm³/mol. The van der Waals surface area contributed by atoms with Crippen molar-refractivity contribution in [3.63, 3.8) is 0 Å². The highest BCUT2D eigenvalue weighted by atomic mass is 35.5. The Morgan fingerprint density at radius 2 is 1.96 bits per heavy atom. The molecule has 3 aromatic rings. The van der Waals surface area contributed by atoms with Gasteiger partial charge in [-0.15, -0.1) is 0 Å². The molecular formula is C20H24Cl2N6. The summed E-state index contributed by atoms with van der Waals surface area (Å²) in [6.45, 7) is 2.11. The number of aliphatic imine (C=N–C) groups is 1. The number of guanidine groups is 1. The fourth-order valence-corrected chi connectivity index (χ4v) is 3.35. The molecule has 0 fully saturated rings. The summed E-state index contributed by atoms with van der Waals surface area (Å²) in [6, 6.07) is 12.2. The fourth-order valence-electron chi connectivity index (χ4n) is 2.94. The van der Waals surface area contributed by atoms with Crippen molar-refractivity contribution < 1.29 is 0 Å². The molecule has 3 rings (SSSR count). The van der Waals surface area contributed by atoms with Gasteiger partial charge in [0.2, 0.25) is 0 Å². The number of nitrogens with one attached hydrogen (secondary N) is 2. The molecule has 0 amide bonds. The zero-order chi connectivity index (χ0) is 19.9. The molecule has 148 valence electrons. The lowest BCUT2D eigenvalue weighted by Gasteiger charge is -2.13. The van der Waals surface area contributed by atoms with Crippen LogP contribution in [0.15, 0.2) is 53.8 Å². The van der Waals surface area contributed by atoms with Crippen molar-refractivity contribution in [3.8, 4) is 0 Å². The Bertz CT molecular complexity index is 930. The van der Waals surface area contributed by atoms with E-state index in [9.17, 15) is 0 Å². The van der Waals surface area contributed by atoms with Gasteiger partial charge in [0.05, 0.1) is 11.6 Å². The van der Waals surface area contributed by atoms with E-state index < -0.39 is 0 Å². The van der Waals surface area contributed by atoms with E-state index in [2.05, 4.69) is 49.4 Å². The van der Waals surface area contributed by atoms with E-state index >= 15 is 0 Å². The minimum absolute atomic E-state index is 0.534. The van der Waals surface area contributed by atoms with Crippen molar-refractivity contribution in [1.29, 1.82) is 0 Å². The Morgan fingerprint density at radius 3 is 2.64 bits per heavy atom. The van der Waals surface area contributed by atoms with Crippen LogP contribution in [0, 0.1) is 0 Å². The third kappa shape index (κ3) is 5.09. The summed E-state index contributed by atoms with van der Waals surface area (Å²) < 4.78 is 4.02. The highest BCUT2D eigenvalue weighted by molar-refractivity contribution is 6.41. The van der Waals surface area contributed by atoms with Crippen LogP contribution in [0.25, 0.3) is 0 Å². The van der Waals surface area contributed by atoms with Crippen LogP contribution in [0.3, 0.4) is 0 Å². The van der Waals surface area contributed by atoms with Crippen LogP contribution in [0.1, 0.15) is 17.1 Å². The minimum atomic E-state index is 0.534. The number of imidazole rings is 1. The Hall–Kier alpha value is -2.44. The van der Waals surface area contributed by atoms with E-state index in [1.54, 1.807) is 7.05 Å². The van der Waals surface area contributed by atoms with Crippen LogP contribution in [0.2, 0.25) is 10.2 Å². The molecule has 0 saturated carbocycles. The molecule has 8 heteroatoms. The van der Waals surface area contributed by atoms with E-state index in [0.29, 0.717) is 16.7 Å². The van der Waals surface area contributed by atoms with Crippen LogP contribution in [0.4, 0.5) is 0 Å². The summed E-state index contributed by atoms with van der Waals surface area (Å²) >= 11 is 12.2. The maximum Gasteiger partial charge on any atom is 0.191 e. The summed E-state index contributed by atoms with van der Waals surface area (Å²) in [4.78, 5) is 8.75. The standard InChI is InChI=1S/C20H24Cl2N6/c1-23-20(26-13-16-12-17(21)19(22)27(16)2)25-9-8-18-24-10-11-28(18)14-15-6-4-3-5-7-15/h3-7,10-12H,8-9,13-14H2,1-2H3,(H2,23,25,26). The van der Waals surface area contributed by atoms with Gasteiger partial charge in [0.15, 0.2) is 5.96 Å². The molecule has 0 bridgehead atoms.